The average Bonchev–Trinajstić information content (AvgIpc) is 2.98. The molecule has 0 aromatic carbocycles. The second-order valence-corrected chi connectivity index (χ2v) is 7.76. The van der Waals surface area contributed by atoms with Gasteiger partial charge in [-0.05, 0) is 66.8 Å². The molecule has 1 aliphatic heterocycles. The van der Waals surface area contributed by atoms with Crippen molar-refractivity contribution in [1.29, 1.82) is 0 Å². The minimum absolute atomic E-state index is 0.120. The number of amides is 1. The molecule has 114 valence electrons. The van der Waals surface area contributed by atoms with E-state index in [0.29, 0.717) is 11.9 Å². The molecular weight excluding hydrogens is 280 g/mol. The van der Waals surface area contributed by atoms with E-state index in [1.54, 1.807) is 11.3 Å². The number of rotatable bonds is 3. The molecular formula is C17H24N2OS. The number of hydrogen-bond donors (Lipinski definition) is 1. The van der Waals surface area contributed by atoms with Gasteiger partial charge in [0.15, 0.2) is 0 Å². The number of hydrogen-bond acceptors (Lipinski definition) is 3. The molecule has 3 fully saturated rings. The lowest BCUT2D eigenvalue weighted by molar-refractivity contribution is -0.134. The summed E-state index contributed by atoms with van der Waals surface area (Å²) in [6.45, 7) is 2.29. The predicted molar refractivity (Wildman–Crippen MR) is 85.0 cm³/mol. The van der Waals surface area contributed by atoms with Gasteiger partial charge in [0.1, 0.15) is 11.7 Å². The van der Waals surface area contributed by atoms with Gasteiger partial charge in [-0.3, -0.25) is 10.1 Å². The molecule has 0 bridgehead atoms. The Labute approximate surface area is 130 Å². The minimum atomic E-state index is -0.200. The molecule has 2 aliphatic carbocycles. The van der Waals surface area contributed by atoms with Crippen LogP contribution in [0.3, 0.4) is 0 Å². The Morgan fingerprint density at radius 3 is 2.67 bits per heavy atom. The van der Waals surface area contributed by atoms with E-state index in [1.165, 1.54) is 37.7 Å². The lowest BCUT2D eigenvalue weighted by Crippen LogP contribution is -2.42. The van der Waals surface area contributed by atoms with Crippen molar-refractivity contribution < 1.29 is 4.79 Å². The fourth-order valence-corrected chi connectivity index (χ4v) is 4.80. The van der Waals surface area contributed by atoms with Crippen LogP contribution in [-0.2, 0) is 4.79 Å². The number of nitrogens with zero attached hydrogens (tertiary/aromatic N) is 1. The summed E-state index contributed by atoms with van der Waals surface area (Å²) in [5.74, 6) is 1.25. The first-order valence-corrected chi connectivity index (χ1v) is 9.30. The zero-order chi connectivity index (χ0) is 14.4. The molecule has 2 saturated carbocycles. The molecule has 4 heteroatoms. The third kappa shape index (κ3) is 2.23. The highest BCUT2D eigenvalue weighted by Gasteiger charge is 2.60. The summed E-state index contributed by atoms with van der Waals surface area (Å²) < 4.78 is 0. The zero-order valence-electron chi connectivity index (χ0n) is 12.7. The summed E-state index contributed by atoms with van der Waals surface area (Å²) >= 11 is 1.72. The summed E-state index contributed by atoms with van der Waals surface area (Å²) in [5, 5.41) is 7.96. The zero-order valence-corrected chi connectivity index (χ0v) is 13.5. The van der Waals surface area contributed by atoms with Gasteiger partial charge in [0.2, 0.25) is 5.91 Å². The summed E-state index contributed by atoms with van der Waals surface area (Å²) in [6, 6.07) is 2.61. The van der Waals surface area contributed by atoms with Crippen LogP contribution in [0.25, 0.3) is 0 Å². The van der Waals surface area contributed by atoms with Crippen molar-refractivity contribution in [3.05, 3.63) is 22.4 Å². The second-order valence-electron chi connectivity index (χ2n) is 6.98. The predicted octanol–water partition coefficient (Wildman–Crippen LogP) is 3.68. The van der Waals surface area contributed by atoms with Gasteiger partial charge in [-0.1, -0.05) is 13.3 Å². The Morgan fingerprint density at radius 2 is 2.10 bits per heavy atom. The molecule has 1 atom stereocenters. The molecule has 21 heavy (non-hydrogen) atoms. The van der Waals surface area contributed by atoms with Crippen LogP contribution in [0.1, 0.15) is 63.6 Å². The summed E-state index contributed by atoms with van der Waals surface area (Å²) in [5.41, 5.74) is 1.07. The molecule has 1 aromatic rings. The van der Waals surface area contributed by atoms with E-state index in [9.17, 15) is 4.79 Å². The van der Waals surface area contributed by atoms with Gasteiger partial charge in [-0.2, -0.15) is 11.3 Å². The number of nitrogens with one attached hydrogen (secondary N) is 1. The Bertz CT molecular complexity index is 515. The van der Waals surface area contributed by atoms with Gasteiger partial charge >= 0.3 is 0 Å². The van der Waals surface area contributed by atoms with Crippen molar-refractivity contribution in [3.63, 3.8) is 0 Å². The van der Waals surface area contributed by atoms with Crippen LogP contribution < -0.4 is 5.32 Å². The van der Waals surface area contributed by atoms with Crippen LogP contribution >= 0.6 is 11.3 Å². The monoisotopic (exact) mass is 304 g/mol. The quantitative estimate of drug-likeness (QED) is 0.924. The largest absolute Gasteiger partial charge is 0.318 e. The van der Waals surface area contributed by atoms with Crippen molar-refractivity contribution in [3.8, 4) is 0 Å². The van der Waals surface area contributed by atoms with E-state index in [4.69, 9.17) is 0 Å². The maximum atomic E-state index is 12.9. The maximum Gasteiger partial charge on any atom is 0.244 e. The van der Waals surface area contributed by atoms with E-state index < -0.39 is 0 Å². The SMILES string of the molecule is CCC1CCC(N2C(=O)C3(CC3)NC2c2ccsc2)CC1. The Hall–Kier alpha value is -0.870. The highest BCUT2D eigenvalue weighted by molar-refractivity contribution is 7.08. The van der Waals surface area contributed by atoms with Crippen LogP contribution in [0, 0.1) is 5.92 Å². The van der Waals surface area contributed by atoms with Gasteiger partial charge in [0.05, 0.1) is 0 Å². The molecule has 0 radical (unpaired) electrons. The molecule has 1 amide bonds. The second kappa shape index (κ2) is 5.10. The van der Waals surface area contributed by atoms with Crippen LogP contribution in [0.5, 0.6) is 0 Å². The summed E-state index contributed by atoms with van der Waals surface area (Å²) in [4.78, 5) is 15.1. The van der Waals surface area contributed by atoms with E-state index >= 15 is 0 Å². The molecule has 1 unspecified atom stereocenters. The molecule has 3 aliphatic rings. The van der Waals surface area contributed by atoms with Gasteiger partial charge in [-0.15, -0.1) is 0 Å². The smallest absolute Gasteiger partial charge is 0.244 e. The average molecular weight is 304 g/mol. The highest BCUT2D eigenvalue weighted by Crippen LogP contribution is 2.48. The third-order valence-electron chi connectivity index (χ3n) is 5.73. The van der Waals surface area contributed by atoms with E-state index in [-0.39, 0.29) is 11.7 Å². The standard InChI is InChI=1S/C17H24N2OS/c1-2-12-3-5-14(6-4-12)19-15(13-7-10-21-11-13)18-17(8-9-17)16(19)20/h7,10-12,14-15,18H,2-6,8-9H2,1H3. The van der Waals surface area contributed by atoms with E-state index in [2.05, 4.69) is 34.0 Å². The fourth-order valence-electron chi connectivity index (χ4n) is 4.12. The molecule has 3 nitrogen and oxygen atoms in total. The van der Waals surface area contributed by atoms with Crippen LogP contribution in [0.4, 0.5) is 0 Å². The molecule has 1 N–H and O–H groups in total. The van der Waals surface area contributed by atoms with Gasteiger partial charge in [-0.25, -0.2) is 0 Å². The first-order chi connectivity index (χ1) is 10.2. The Kier molecular flexibility index (Phi) is 3.34. The molecule has 1 aromatic heterocycles. The van der Waals surface area contributed by atoms with Crippen LogP contribution in [-0.4, -0.2) is 22.4 Å². The van der Waals surface area contributed by atoms with Crippen LogP contribution in [0.2, 0.25) is 0 Å². The van der Waals surface area contributed by atoms with Crippen molar-refractivity contribution in [2.24, 2.45) is 5.92 Å². The molecule has 2 heterocycles. The number of carbonyl (C=O) groups is 1. The Balaban J connectivity index is 1.57. The fraction of sp³-hybridized carbons (Fsp3) is 0.706. The number of thiophene rings is 1. The van der Waals surface area contributed by atoms with Crippen molar-refractivity contribution >= 4 is 17.2 Å². The van der Waals surface area contributed by atoms with Gasteiger partial charge in [0.25, 0.3) is 0 Å². The normalized spacial score (nSPS) is 34.6. The summed E-state index contributed by atoms with van der Waals surface area (Å²) in [6.07, 6.45) is 8.39. The lowest BCUT2D eigenvalue weighted by atomic mass is 9.83. The van der Waals surface area contributed by atoms with E-state index in [0.717, 1.165) is 18.8 Å². The van der Waals surface area contributed by atoms with E-state index in [1.807, 2.05) is 0 Å². The van der Waals surface area contributed by atoms with Gasteiger partial charge < -0.3 is 4.90 Å². The van der Waals surface area contributed by atoms with Gasteiger partial charge in [0, 0.05) is 6.04 Å². The molecule has 4 rings (SSSR count). The molecule has 1 saturated heterocycles. The summed E-state index contributed by atoms with van der Waals surface area (Å²) in [7, 11) is 0. The topological polar surface area (TPSA) is 32.3 Å². The van der Waals surface area contributed by atoms with Crippen molar-refractivity contribution in [2.45, 2.75) is 69.6 Å². The lowest BCUT2D eigenvalue weighted by Gasteiger charge is -2.37. The first kappa shape index (κ1) is 13.8. The number of carbonyl (C=O) groups excluding carboxylic acids is 1. The van der Waals surface area contributed by atoms with Crippen molar-refractivity contribution in [1.82, 2.24) is 10.2 Å². The third-order valence-corrected chi connectivity index (χ3v) is 6.43. The highest BCUT2D eigenvalue weighted by atomic mass is 32.1. The van der Waals surface area contributed by atoms with Crippen LogP contribution in [0.15, 0.2) is 16.8 Å². The first-order valence-electron chi connectivity index (χ1n) is 8.36. The van der Waals surface area contributed by atoms with Crippen molar-refractivity contribution in [2.75, 3.05) is 0 Å². The maximum absolute atomic E-state index is 12.9. The Morgan fingerprint density at radius 1 is 1.33 bits per heavy atom. The molecule has 1 spiro atoms. The minimum Gasteiger partial charge on any atom is -0.318 e.